The van der Waals surface area contributed by atoms with E-state index in [4.69, 9.17) is 106 Å². The summed E-state index contributed by atoms with van der Waals surface area (Å²) in [6.45, 7) is 4.35. The molecular formula is C46H36O41. The van der Waals surface area contributed by atoms with Crippen LogP contribution in [0.25, 0.3) is 0 Å². The number of rotatable bonds is 25. The van der Waals surface area contributed by atoms with Crippen LogP contribution >= 0.6 is 0 Å². The van der Waals surface area contributed by atoms with E-state index in [1.807, 2.05) is 0 Å². The summed E-state index contributed by atoms with van der Waals surface area (Å²) in [4.78, 5) is 213. The van der Waals surface area contributed by atoms with Crippen LogP contribution in [0, 0.1) is 0 Å². The number of allylic oxidation sites excluding steroid dienone is 1. The summed E-state index contributed by atoms with van der Waals surface area (Å²) < 4.78 is 14.8. The number of hydrogen-bond acceptors (Lipinski definition) is 23. The minimum absolute atomic E-state index is 0.00396. The molecule has 0 aliphatic rings. The molecule has 41 heteroatoms. The summed E-state index contributed by atoms with van der Waals surface area (Å²) in [6, 6.07) is 0. The SMILES string of the molecule is COC(=O)C(C)=C(C)OCCOCCO.O=C(O)c1c(C(=O)O)c(C(=O)O)c(C(=O)O)c(C(=O)O)c1C(=O)O.O=C(O)c1c(C(=O)O)c(C(=O)O)c(C(=O)O)c(C(=O)O)c1C(=O)O.O=C(O)c1c(C(=O)O)c(C(=O)O)c(C(=O)O)c(C(=O)O)c1C(=O)O. The van der Waals surface area contributed by atoms with Crippen LogP contribution in [-0.4, -0.2) is 244 Å². The van der Waals surface area contributed by atoms with Gasteiger partial charge in [-0.2, -0.15) is 0 Å². The molecule has 0 heterocycles. The fraction of sp³-hybridized carbons (Fsp3) is 0.152. The molecule has 0 radical (unpaired) electrons. The predicted octanol–water partition coefficient (Wildman–Crippen LogP) is 0.106. The van der Waals surface area contributed by atoms with Gasteiger partial charge in [0.2, 0.25) is 0 Å². The lowest BCUT2D eigenvalue weighted by Crippen LogP contribution is -2.27. The molecule has 0 aliphatic carbocycles. The summed E-state index contributed by atoms with van der Waals surface area (Å²) in [5.74, 6) is -40.5. The van der Waals surface area contributed by atoms with E-state index in [1.54, 1.807) is 13.8 Å². The van der Waals surface area contributed by atoms with Crippen LogP contribution < -0.4 is 0 Å². The molecule has 0 spiro atoms. The first-order chi connectivity index (χ1) is 39.9. The van der Waals surface area contributed by atoms with Crippen molar-refractivity contribution in [2.75, 3.05) is 33.5 Å². The summed E-state index contributed by atoms with van der Waals surface area (Å²) in [5, 5.41) is 171. The van der Waals surface area contributed by atoms with E-state index in [9.17, 15) is 91.1 Å². The molecule has 3 aromatic carbocycles. The van der Waals surface area contributed by atoms with Gasteiger partial charge in [-0.15, -0.1) is 0 Å². The number of methoxy groups -OCH3 is 1. The first kappa shape index (κ1) is 74.0. The van der Waals surface area contributed by atoms with E-state index in [0.29, 0.717) is 31.2 Å². The van der Waals surface area contributed by atoms with E-state index in [-0.39, 0.29) is 6.61 Å². The third-order valence-corrected chi connectivity index (χ3v) is 10.2. The van der Waals surface area contributed by atoms with Crippen molar-refractivity contribution in [2.24, 2.45) is 0 Å². The molecule has 3 aromatic rings. The molecule has 87 heavy (non-hydrogen) atoms. The standard InChI is InChI=1S/3C12H6O12.C10H18O5/c3*13-7(14)1-2(8(15)16)4(10(19)20)6(12(23)24)5(11(21)22)3(1)9(17)18;1-8(10(12)13-3)9(2)15-7-6-14-5-4-11/h3*(H,13,14)(H,15,16)(H,17,18)(H,19,20)(H,21,22)(H,23,24);11H,4-7H2,1-3H3. The molecular weight excluding hydrogens is 1210 g/mol. The minimum atomic E-state index is -2.26. The number of carboxylic acids is 18. The monoisotopic (exact) mass is 1240 g/mol. The van der Waals surface area contributed by atoms with Gasteiger partial charge in [0.1, 0.15) is 12.4 Å². The van der Waals surface area contributed by atoms with Gasteiger partial charge in [-0.25, -0.2) is 91.1 Å². The zero-order valence-corrected chi connectivity index (χ0v) is 42.8. The third-order valence-electron chi connectivity index (χ3n) is 10.2. The number of benzene rings is 3. The average Bonchev–Trinajstić information content (AvgIpc) is 0.807. The number of aliphatic hydroxyl groups is 1. The molecule has 0 bridgehead atoms. The van der Waals surface area contributed by atoms with Crippen molar-refractivity contribution in [3.05, 3.63) is 111 Å². The van der Waals surface area contributed by atoms with Gasteiger partial charge in [0.05, 0.1) is 133 Å². The molecule has 41 nitrogen and oxygen atoms in total. The first-order valence-electron chi connectivity index (χ1n) is 21.4. The van der Waals surface area contributed by atoms with Gasteiger partial charge in [-0.1, -0.05) is 0 Å². The molecule has 0 amide bonds. The Balaban J connectivity index is 0.00000115. The largest absolute Gasteiger partial charge is 0.495 e. The average molecular weight is 1240 g/mol. The topological polar surface area (TPSA) is 736 Å². The smallest absolute Gasteiger partial charge is 0.337 e. The van der Waals surface area contributed by atoms with Crippen molar-refractivity contribution >= 4 is 113 Å². The van der Waals surface area contributed by atoms with E-state index >= 15 is 0 Å². The lowest BCUT2D eigenvalue weighted by atomic mass is 9.86. The van der Waals surface area contributed by atoms with Crippen LogP contribution in [0.3, 0.4) is 0 Å². The minimum Gasteiger partial charge on any atom is -0.495 e. The van der Waals surface area contributed by atoms with Crippen LogP contribution in [0.5, 0.6) is 0 Å². The Kier molecular flexibility index (Phi) is 26.2. The van der Waals surface area contributed by atoms with Crippen LogP contribution in [0.15, 0.2) is 11.3 Å². The van der Waals surface area contributed by atoms with Crippen LogP contribution in [0.4, 0.5) is 0 Å². The van der Waals surface area contributed by atoms with Crippen LogP contribution in [0.1, 0.15) is 200 Å². The second kappa shape index (κ2) is 30.8. The van der Waals surface area contributed by atoms with Crippen molar-refractivity contribution in [2.45, 2.75) is 13.8 Å². The number of hydrogen-bond donors (Lipinski definition) is 19. The zero-order valence-electron chi connectivity index (χ0n) is 42.8. The van der Waals surface area contributed by atoms with Crippen LogP contribution in [-0.2, 0) is 19.0 Å². The molecule has 0 aliphatic heterocycles. The van der Waals surface area contributed by atoms with E-state index in [2.05, 4.69) is 4.74 Å². The highest BCUT2D eigenvalue weighted by Gasteiger charge is 2.44. The van der Waals surface area contributed by atoms with E-state index < -0.39 is 214 Å². The van der Waals surface area contributed by atoms with Crippen molar-refractivity contribution in [3.8, 4) is 0 Å². The van der Waals surface area contributed by atoms with Gasteiger partial charge in [0.15, 0.2) is 0 Å². The molecule has 0 atom stereocenters. The fourth-order valence-corrected chi connectivity index (χ4v) is 6.92. The van der Waals surface area contributed by atoms with Gasteiger partial charge < -0.3 is 111 Å². The maximum Gasteiger partial charge on any atom is 0.337 e. The molecule has 0 saturated carbocycles. The van der Waals surface area contributed by atoms with Crippen molar-refractivity contribution < 1.29 is 202 Å². The number of esters is 1. The lowest BCUT2D eigenvalue weighted by molar-refractivity contribution is -0.136. The zero-order chi connectivity index (χ0) is 68.5. The molecule has 0 unspecified atom stereocenters. The lowest BCUT2D eigenvalue weighted by Gasteiger charge is -2.15. The predicted molar refractivity (Wildman–Crippen MR) is 259 cm³/mol. The number of carboxylic acid groups (broad SMARTS) is 18. The number of carbonyl (C=O) groups is 19. The van der Waals surface area contributed by atoms with Crippen LogP contribution in [0.2, 0.25) is 0 Å². The van der Waals surface area contributed by atoms with Gasteiger partial charge in [-0.3, -0.25) is 0 Å². The Morgan fingerprint density at radius 1 is 0.253 bits per heavy atom. The Morgan fingerprint density at radius 3 is 0.494 bits per heavy atom. The Hall–Kier alpha value is -13.0. The number of aliphatic hydroxyl groups excluding tert-OH is 1. The fourth-order valence-electron chi connectivity index (χ4n) is 6.92. The molecule has 466 valence electrons. The van der Waals surface area contributed by atoms with Gasteiger partial charge >= 0.3 is 113 Å². The highest BCUT2D eigenvalue weighted by atomic mass is 16.5. The number of aromatic carboxylic acids is 18. The van der Waals surface area contributed by atoms with Crippen molar-refractivity contribution in [1.29, 1.82) is 0 Å². The molecule has 0 aromatic heterocycles. The normalized spacial score (nSPS) is 10.3. The molecule has 19 N–H and O–H groups in total. The van der Waals surface area contributed by atoms with Crippen molar-refractivity contribution in [3.63, 3.8) is 0 Å². The molecule has 0 saturated heterocycles. The molecule has 3 rings (SSSR count). The second-order valence-electron chi connectivity index (χ2n) is 15.1. The van der Waals surface area contributed by atoms with Gasteiger partial charge in [-0.05, 0) is 13.8 Å². The van der Waals surface area contributed by atoms with Crippen molar-refractivity contribution in [1.82, 2.24) is 0 Å². The Morgan fingerprint density at radius 2 is 0.391 bits per heavy atom. The van der Waals surface area contributed by atoms with Gasteiger partial charge in [0.25, 0.3) is 0 Å². The quantitative estimate of drug-likeness (QED) is 0.0232. The summed E-state index contributed by atoms with van der Waals surface area (Å²) in [5.41, 5.74) is -29.4. The summed E-state index contributed by atoms with van der Waals surface area (Å²) in [7, 11) is 1.32. The highest BCUT2D eigenvalue weighted by molar-refractivity contribution is 6.26. The maximum atomic E-state index is 11.2. The van der Waals surface area contributed by atoms with E-state index in [0.717, 1.165) is 0 Å². The first-order valence-corrected chi connectivity index (χ1v) is 21.4. The Labute approximate surface area is 474 Å². The second-order valence-corrected chi connectivity index (χ2v) is 15.1. The Bertz CT molecular complexity index is 2680. The van der Waals surface area contributed by atoms with Gasteiger partial charge in [0, 0.05) is 0 Å². The number of ether oxygens (including phenoxy) is 3. The number of carbonyl (C=O) groups excluding carboxylic acids is 1. The summed E-state index contributed by atoms with van der Waals surface area (Å²) >= 11 is 0. The molecule has 0 fully saturated rings. The summed E-state index contributed by atoms with van der Waals surface area (Å²) in [6.07, 6.45) is 0. The highest BCUT2D eigenvalue weighted by Crippen LogP contribution is 2.33. The maximum absolute atomic E-state index is 11.2. The third kappa shape index (κ3) is 16.8. The van der Waals surface area contributed by atoms with E-state index in [1.165, 1.54) is 7.11 Å².